The molecule has 2 aromatic carbocycles. The lowest BCUT2D eigenvalue weighted by Gasteiger charge is -2.39. The van der Waals surface area contributed by atoms with Crippen LogP contribution in [-0.4, -0.2) is 83.2 Å². The summed E-state index contributed by atoms with van der Waals surface area (Å²) >= 11 is 0. The van der Waals surface area contributed by atoms with Crippen LogP contribution in [0.15, 0.2) is 60.0 Å². The first-order valence-corrected chi connectivity index (χ1v) is 11.9. The van der Waals surface area contributed by atoms with Gasteiger partial charge in [-0.05, 0) is 61.0 Å². The van der Waals surface area contributed by atoms with Crippen molar-refractivity contribution in [2.24, 2.45) is 5.10 Å². The number of ether oxygens (including phenoxy) is 2. The van der Waals surface area contributed by atoms with E-state index in [0.29, 0.717) is 33.9 Å². The summed E-state index contributed by atoms with van der Waals surface area (Å²) in [6.07, 6.45) is -3.93. The molecule has 1 aliphatic heterocycles. The number of aliphatic hydroxyl groups is 4. The highest BCUT2D eigenvalue weighted by Gasteiger charge is 2.44. The summed E-state index contributed by atoms with van der Waals surface area (Å²) in [6, 6.07) is 15.6. The van der Waals surface area contributed by atoms with E-state index in [1.54, 1.807) is 60.0 Å². The zero-order valence-electron chi connectivity index (χ0n) is 20.7. The average molecular weight is 532 g/mol. The maximum Gasteiger partial charge on any atom is 0.229 e. The summed E-state index contributed by atoms with van der Waals surface area (Å²) < 4.78 is 14.0. The summed E-state index contributed by atoms with van der Waals surface area (Å²) in [6.45, 7) is 1.26. The molecule has 1 saturated heterocycles. The fraction of sp³-hybridized carbons (Fsp3) is 0.269. The van der Waals surface area contributed by atoms with Gasteiger partial charge in [-0.1, -0.05) is 0 Å². The zero-order valence-corrected chi connectivity index (χ0v) is 20.7. The molecule has 200 valence electrons. The molecule has 5 rings (SSSR count). The van der Waals surface area contributed by atoms with Crippen molar-refractivity contribution in [1.29, 1.82) is 10.7 Å². The molecule has 0 bridgehead atoms. The van der Waals surface area contributed by atoms with E-state index < -0.39 is 37.3 Å². The van der Waals surface area contributed by atoms with Gasteiger partial charge in [0.25, 0.3) is 0 Å². The molecule has 5 atom stereocenters. The van der Waals surface area contributed by atoms with Crippen LogP contribution in [0.2, 0.25) is 0 Å². The Balaban J connectivity index is 1.33. The fourth-order valence-corrected chi connectivity index (χ4v) is 4.22. The van der Waals surface area contributed by atoms with E-state index in [1.807, 2.05) is 0 Å². The predicted molar refractivity (Wildman–Crippen MR) is 136 cm³/mol. The Morgan fingerprint density at radius 3 is 2.49 bits per heavy atom. The van der Waals surface area contributed by atoms with E-state index in [0.717, 1.165) is 5.69 Å². The Hall–Kier alpha value is -4.45. The van der Waals surface area contributed by atoms with Gasteiger partial charge in [0, 0.05) is 5.69 Å². The lowest BCUT2D eigenvalue weighted by molar-refractivity contribution is -0.277. The minimum absolute atomic E-state index is 0.0364. The third-order valence-corrected chi connectivity index (χ3v) is 6.33. The lowest BCUT2D eigenvalue weighted by Crippen LogP contribution is -2.60. The summed E-state index contributed by atoms with van der Waals surface area (Å²) in [5, 5.41) is 61.2. The molecule has 39 heavy (non-hydrogen) atoms. The van der Waals surface area contributed by atoms with Crippen LogP contribution in [0.3, 0.4) is 0 Å². The number of nitriles is 1. The van der Waals surface area contributed by atoms with Gasteiger partial charge in [-0.2, -0.15) is 10.4 Å². The van der Waals surface area contributed by atoms with Gasteiger partial charge in [-0.3, -0.25) is 9.98 Å². The molecular weight excluding hydrogens is 506 g/mol. The number of fused-ring (bicyclic) bond motifs is 1. The second-order valence-electron chi connectivity index (χ2n) is 8.89. The molecule has 1 aliphatic rings. The first-order chi connectivity index (χ1) is 18.8. The number of hydrogen-bond donors (Lipinski definition) is 5. The van der Waals surface area contributed by atoms with Crippen molar-refractivity contribution in [2.45, 2.75) is 37.6 Å². The molecule has 0 amide bonds. The molecule has 13 heteroatoms. The second-order valence-corrected chi connectivity index (χ2v) is 8.89. The van der Waals surface area contributed by atoms with Gasteiger partial charge >= 0.3 is 0 Å². The maximum atomic E-state index is 10.1. The molecule has 2 aromatic heterocycles. The quantitative estimate of drug-likeness (QED) is 0.212. The van der Waals surface area contributed by atoms with E-state index in [2.05, 4.69) is 21.1 Å². The third kappa shape index (κ3) is 5.02. The minimum Gasteiger partial charge on any atom is -0.462 e. The number of imidazole rings is 1. The Morgan fingerprint density at radius 2 is 1.82 bits per heavy atom. The summed E-state index contributed by atoms with van der Waals surface area (Å²) in [5.41, 5.74) is 2.86. The summed E-state index contributed by atoms with van der Waals surface area (Å²) in [4.78, 5) is 8.95. The minimum atomic E-state index is -1.53. The van der Waals surface area contributed by atoms with E-state index in [-0.39, 0.29) is 5.49 Å². The van der Waals surface area contributed by atoms with Crippen LogP contribution in [0.1, 0.15) is 17.0 Å². The number of benzene rings is 2. The highest BCUT2D eigenvalue weighted by molar-refractivity contribution is 5.80. The van der Waals surface area contributed by atoms with Gasteiger partial charge in [0.05, 0.1) is 24.5 Å². The van der Waals surface area contributed by atoms with Gasteiger partial charge < -0.3 is 29.9 Å². The normalized spacial score (nSPS) is 23.2. The smallest absolute Gasteiger partial charge is 0.229 e. The van der Waals surface area contributed by atoms with Crippen LogP contribution < -0.4 is 10.2 Å². The highest BCUT2D eigenvalue weighted by atomic mass is 16.7. The molecule has 3 heterocycles. The molecular formula is C26H25N7O6. The highest BCUT2D eigenvalue weighted by Crippen LogP contribution is 2.24. The SMILES string of the molecule is Cc1nc2c(=N)n(/N=C\c3ccc(OC4OC(CO)C(O)C(O)C4O)cc3)cnc2n1-c1ccc(C#N)cc1. The summed E-state index contributed by atoms with van der Waals surface area (Å²) in [7, 11) is 0. The van der Waals surface area contributed by atoms with Crippen LogP contribution in [0.5, 0.6) is 5.75 Å². The molecule has 0 aliphatic carbocycles. The number of hydrogen-bond acceptors (Lipinski definition) is 11. The van der Waals surface area contributed by atoms with Crippen molar-refractivity contribution in [1.82, 2.24) is 19.2 Å². The molecule has 5 N–H and O–H groups in total. The van der Waals surface area contributed by atoms with Crippen molar-refractivity contribution in [3.05, 3.63) is 77.3 Å². The van der Waals surface area contributed by atoms with Crippen molar-refractivity contribution < 1.29 is 29.9 Å². The number of aromatic nitrogens is 4. The first-order valence-electron chi connectivity index (χ1n) is 11.9. The van der Waals surface area contributed by atoms with E-state index >= 15 is 0 Å². The number of aryl methyl sites for hydroxylation is 1. The van der Waals surface area contributed by atoms with Gasteiger partial charge in [-0.25, -0.2) is 14.6 Å². The van der Waals surface area contributed by atoms with Crippen molar-refractivity contribution >= 4 is 17.4 Å². The van der Waals surface area contributed by atoms with Crippen LogP contribution >= 0.6 is 0 Å². The number of rotatable bonds is 6. The van der Waals surface area contributed by atoms with Crippen molar-refractivity contribution in [2.75, 3.05) is 6.61 Å². The Kier molecular flexibility index (Phi) is 7.20. The van der Waals surface area contributed by atoms with Crippen molar-refractivity contribution in [3.63, 3.8) is 0 Å². The van der Waals surface area contributed by atoms with Crippen LogP contribution in [0.4, 0.5) is 0 Å². The Labute approximate surface area is 221 Å². The molecule has 4 aromatic rings. The van der Waals surface area contributed by atoms with Crippen molar-refractivity contribution in [3.8, 4) is 17.5 Å². The first kappa shape index (κ1) is 26.2. The standard InChI is InChI=1S/C26H25N7O6/c1-14-31-20-24(28)32(13-29-25(20)33(14)17-6-2-15(10-27)3-7-17)30-11-16-4-8-18(9-5-16)38-26-23(37)22(36)21(35)19(12-34)39-26/h2-9,11,13,19,21-23,26,28,34-37H,12H2,1H3/b28-24?,30-11-. The lowest BCUT2D eigenvalue weighted by atomic mass is 9.99. The molecule has 0 radical (unpaired) electrons. The van der Waals surface area contributed by atoms with Crippen LogP contribution in [-0.2, 0) is 4.74 Å². The predicted octanol–water partition coefficient (Wildman–Crippen LogP) is -0.0575. The molecule has 1 fully saturated rings. The Morgan fingerprint density at radius 1 is 1.10 bits per heavy atom. The van der Waals surface area contributed by atoms with E-state index in [4.69, 9.17) is 20.1 Å². The molecule has 13 nitrogen and oxygen atoms in total. The average Bonchev–Trinajstić information content (AvgIpc) is 3.30. The van der Waals surface area contributed by atoms with Gasteiger partial charge in [-0.15, -0.1) is 0 Å². The number of nitrogens with zero attached hydrogens (tertiary/aromatic N) is 6. The molecule has 0 saturated carbocycles. The fourth-order valence-electron chi connectivity index (χ4n) is 4.22. The topological polar surface area (TPSA) is 195 Å². The van der Waals surface area contributed by atoms with Crippen LogP contribution in [0.25, 0.3) is 16.9 Å². The second kappa shape index (κ2) is 10.7. The largest absolute Gasteiger partial charge is 0.462 e. The molecule has 0 spiro atoms. The van der Waals surface area contributed by atoms with Gasteiger partial charge in [0.2, 0.25) is 6.29 Å². The van der Waals surface area contributed by atoms with E-state index in [1.165, 1.54) is 17.2 Å². The maximum absolute atomic E-state index is 10.1. The van der Waals surface area contributed by atoms with E-state index in [9.17, 15) is 20.4 Å². The zero-order chi connectivity index (χ0) is 27.7. The summed E-state index contributed by atoms with van der Waals surface area (Å²) in [5.74, 6) is 0.949. The number of aliphatic hydroxyl groups excluding tert-OH is 4. The number of nitrogens with one attached hydrogen (secondary N) is 1. The Bertz CT molecular complexity index is 1610. The monoisotopic (exact) mass is 531 g/mol. The van der Waals surface area contributed by atoms with Gasteiger partial charge in [0.15, 0.2) is 16.7 Å². The van der Waals surface area contributed by atoms with Gasteiger partial charge in [0.1, 0.15) is 42.3 Å². The third-order valence-electron chi connectivity index (χ3n) is 6.33. The van der Waals surface area contributed by atoms with Crippen LogP contribution in [0, 0.1) is 23.7 Å². The molecule has 5 unspecified atom stereocenters.